The molecule has 0 aliphatic carbocycles. The molecular formula is C14H15N3O3. The molecule has 0 radical (unpaired) electrons. The van der Waals surface area contributed by atoms with Crippen molar-refractivity contribution in [3.8, 4) is 0 Å². The van der Waals surface area contributed by atoms with Crippen LogP contribution in [0, 0.1) is 11.8 Å². The molecule has 2 aromatic rings. The normalized spacial score (nSPS) is 22.4. The zero-order valence-corrected chi connectivity index (χ0v) is 11.0. The second kappa shape index (κ2) is 4.63. The maximum absolute atomic E-state index is 12.6. The minimum Gasteiger partial charge on any atom is -0.481 e. The second-order valence-corrected chi connectivity index (χ2v) is 5.27. The van der Waals surface area contributed by atoms with Crippen molar-refractivity contribution in [2.45, 2.75) is 6.92 Å². The van der Waals surface area contributed by atoms with E-state index in [2.05, 4.69) is 10.2 Å². The molecule has 104 valence electrons. The van der Waals surface area contributed by atoms with Gasteiger partial charge in [-0.3, -0.25) is 14.7 Å². The van der Waals surface area contributed by atoms with Gasteiger partial charge in [0.05, 0.1) is 23.2 Å². The summed E-state index contributed by atoms with van der Waals surface area (Å²) < 4.78 is 0. The molecule has 1 fully saturated rings. The van der Waals surface area contributed by atoms with Crippen molar-refractivity contribution < 1.29 is 14.7 Å². The predicted octanol–water partition coefficient (Wildman–Crippen LogP) is 1.36. The van der Waals surface area contributed by atoms with Crippen molar-refractivity contribution in [2.24, 2.45) is 11.8 Å². The van der Waals surface area contributed by atoms with Gasteiger partial charge in [-0.2, -0.15) is 5.10 Å². The summed E-state index contributed by atoms with van der Waals surface area (Å²) in [7, 11) is 0. The minimum absolute atomic E-state index is 0.0278. The maximum atomic E-state index is 12.6. The van der Waals surface area contributed by atoms with E-state index < -0.39 is 11.9 Å². The number of carbonyl (C=O) groups is 2. The zero-order chi connectivity index (χ0) is 14.3. The molecule has 2 N–H and O–H groups in total. The van der Waals surface area contributed by atoms with Gasteiger partial charge in [-0.1, -0.05) is 13.0 Å². The van der Waals surface area contributed by atoms with E-state index in [1.54, 1.807) is 23.2 Å². The average Bonchev–Trinajstić information content (AvgIpc) is 3.03. The van der Waals surface area contributed by atoms with Gasteiger partial charge in [0.25, 0.3) is 5.91 Å². The molecule has 6 heteroatoms. The molecule has 3 rings (SSSR count). The number of rotatable bonds is 2. The van der Waals surface area contributed by atoms with Crippen molar-refractivity contribution in [1.29, 1.82) is 0 Å². The van der Waals surface area contributed by atoms with Gasteiger partial charge in [-0.25, -0.2) is 0 Å². The van der Waals surface area contributed by atoms with Crippen LogP contribution in [0.15, 0.2) is 24.4 Å². The quantitative estimate of drug-likeness (QED) is 0.865. The number of hydrogen-bond acceptors (Lipinski definition) is 3. The molecule has 1 aromatic carbocycles. The molecular weight excluding hydrogens is 258 g/mol. The van der Waals surface area contributed by atoms with Gasteiger partial charge in [-0.15, -0.1) is 0 Å². The number of carboxylic acid groups (broad SMARTS) is 1. The number of nitrogens with one attached hydrogen (secondary N) is 1. The number of aromatic amines is 1. The van der Waals surface area contributed by atoms with E-state index in [9.17, 15) is 9.59 Å². The lowest BCUT2D eigenvalue weighted by Gasteiger charge is -2.16. The summed E-state index contributed by atoms with van der Waals surface area (Å²) in [5.41, 5.74) is 1.37. The highest BCUT2D eigenvalue weighted by atomic mass is 16.4. The Morgan fingerprint density at radius 3 is 2.90 bits per heavy atom. The zero-order valence-electron chi connectivity index (χ0n) is 11.0. The summed E-state index contributed by atoms with van der Waals surface area (Å²) in [4.78, 5) is 25.3. The molecule has 1 saturated heterocycles. The average molecular weight is 273 g/mol. The largest absolute Gasteiger partial charge is 0.481 e. The smallest absolute Gasteiger partial charge is 0.308 e. The summed E-state index contributed by atoms with van der Waals surface area (Å²) in [6.07, 6.45) is 1.62. The van der Waals surface area contributed by atoms with Gasteiger partial charge in [0, 0.05) is 18.5 Å². The van der Waals surface area contributed by atoms with Crippen LogP contribution >= 0.6 is 0 Å². The molecule has 2 atom stereocenters. The Hall–Kier alpha value is -2.37. The van der Waals surface area contributed by atoms with Gasteiger partial charge in [0.15, 0.2) is 0 Å². The molecule has 0 bridgehead atoms. The number of carboxylic acids is 1. The third kappa shape index (κ3) is 1.93. The molecule has 2 heterocycles. The molecule has 1 amide bonds. The van der Waals surface area contributed by atoms with Gasteiger partial charge in [-0.05, 0) is 18.1 Å². The first kappa shape index (κ1) is 12.7. The van der Waals surface area contributed by atoms with Crippen LogP contribution < -0.4 is 0 Å². The van der Waals surface area contributed by atoms with E-state index in [0.717, 1.165) is 10.9 Å². The first-order valence-corrected chi connectivity index (χ1v) is 6.52. The lowest BCUT2D eigenvalue weighted by molar-refractivity contribution is -0.142. The number of fused-ring (bicyclic) bond motifs is 1. The Bertz CT molecular complexity index is 679. The van der Waals surface area contributed by atoms with Crippen molar-refractivity contribution in [3.05, 3.63) is 30.0 Å². The number of H-pyrrole nitrogens is 1. The van der Waals surface area contributed by atoms with E-state index in [4.69, 9.17) is 5.11 Å². The fraction of sp³-hybridized carbons (Fsp3) is 0.357. The maximum Gasteiger partial charge on any atom is 0.308 e. The van der Waals surface area contributed by atoms with E-state index in [-0.39, 0.29) is 18.4 Å². The number of amides is 1. The summed E-state index contributed by atoms with van der Waals surface area (Å²) >= 11 is 0. The van der Waals surface area contributed by atoms with Crippen LogP contribution in [0.3, 0.4) is 0 Å². The Labute approximate surface area is 115 Å². The molecule has 0 unspecified atom stereocenters. The highest BCUT2D eigenvalue weighted by Crippen LogP contribution is 2.26. The van der Waals surface area contributed by atoms with Crippen LogP contribution in [0.5, 0.6) is 0 Å². The summed E-state index contributed by atoms with van der Waals surface area (Å²) in [6.45, 7) is 2.61. The molecule has 1 aromatic heterocycles. The number of aromatic nitrogens is 2. The highest BCUT2D eigenvalue weighted by molar-refractivity contribution is 6.06. The van der Waals surface area contributed by atoms with Crippen molar-refractivity contribution in [3.63, 3.8) is 0 Å². The minimum atomic E-state index is -0.839. The fourth-order valence-corrected chi connectivity index (χ4v) is 2.78. The third-order valence-corrected chi connectivity index (χ3v) is 3.93. The number of hydrogen-bond donors (Lipinski definition) is 2. The highest BCUT2D eigenvalue weighted by Gasteiger charge is 2.37. The topological polar surface area (TPSA) is 86.3 Å². The van der Waals surface area contributed by atoms with Crippen LogP contribution in [0.4, 0.5) is 0 Å². The summed E-state index contributed by atoms with van der Waals surface area (Å²) in [6, 6.07) is 5.40. The molecule has 0 saturated carbocycles. The fourth-order valence-electron chi connectivity index (χ4n) is 2.78. The van der Waals surface area contributed by atoms with Gasteiger partial charge in [0.2, 0.25) is 0 Å². The van der Waals surface area contributed by atoms with Gasteiger partial charge in [0.1, 0.15) is 0 Å². The van der Waals surface area contributed by atoms with Crippen LogP contribution in [0.1, 0.15) is 17.3 Å². The van der Waals surface area contributed by atoms with Crippen LogP contribution in [0.2, 0.25) is 0 Å². The molecule has 6 nitrogen and oxygen atoms in total. The first-order chi connectivity index (χ1) is 9.58. The molecule has 0 spiro atoms. The molecule has 1 aliphatic heterocycles. The lowest BCUT2D eigenvalue weighted by Crippen LogP contribution is -2.30. The van der Waals surface area contributed by atoms with Crippen LogP contribution in [0.25, 0.3) is 10.9 Å². The van der Waals surface area contributed by atoms with Crippen molar-refractivity contribution >= 4 is 22.8 Å². The SMILES string of the molecule is C[C@@H]1CN(C(=O)c2cccc3[nH]ncc23)C[C@H]1C(=O)O. The van der Waals surface area contributed by atoms with E-state index in [0.29, 0.717) is 12.1 Å². The van der Waals surface area contributed by atoms with Crippen LogP contribution in [-0.4, -0.2) is 45.2 Å². The summed E-state index contributed by atoms with van der Waals surface area (Å²) in [5, 5.41) is 16.7. The number of aliphatic carboxylic acids is 1. The standard InChI is InChI=1S/C14H15N3O3/c1-8-6-17(7-11(8)14(19)20)13(18)9-3-2-4-12-10(9)5-15-16-12/h2-5,8,11H,6-7H2,1H3,(H,15,16)(H,19,20)/t8-,11-/m1/s1. The van der Waals surface area contributed by atoms with Crippen molar-refractivity contribution in [2.75, 3.05) is 13.1 Å². The van der Waals surface area contributed by atoms with Gasteiger partial charge < -0.3 is 10.0 Å². The Balaban J connectivity index is 1.90. The first-order valence-electron chi connectivity index (χ1n) is 6.52. The third-order valence-electron chi connectivity index (χ3n) is 3.93. The number of benzene rings is 1. The summed E-state index contributed by atoms with van der Waals surface area (Å²) in [5.74, 6) is -1.48. The second-order valence-electron chi connectivity index (χ2n) is 5.27. The monoisotopic (exact) mass is 273 g/mol. The van der Waals surface area contributed by atoms with E-state index in [1.165, 1.54) is 0 Å². The predicted molar refractivity (Wildman–Crippen MR) is 72.3 cm³/mol. The van der Waals surface area contributed by atoms with Crippen LogP contribution in [-0.2, 0) is 4.79 Å². The lowest BCUT2D eigenvalue weighted by atomic mass is 9.99. The Morgan fingerprint density at radius 2 is 2.20 bits per heavy atom. The number of likely N-dealkylation sites (tertiary alicyclic amines) is 1. The Morgan fingerprint density at radius 1 is 1.40 bits per heavy atom. The van der Waals surface area contributed by atoms with E-state index in [1.807, 2.05) is 13.0 Å². The molecule has 1 aliphatic rings. The van der Waals surface area contributed by atoms with Gasteiger partial charge >= 0.3 is 5.97 Å². The molecule has 20 heavy (non-hydrogen) atoms. The number of carbonyl (C=O) groups excluding carboxylic acids is 1. The van der Waals surface area contributed by atoms with E-state index >= 15 is 0 Å². The van der Waals surface area contributed by atoms with Crippen molar-refractivity contribution in [1.82, 2.24) is 15.1 Å². The number of nitrogens with zero attached hydrogens (tertiary/aromatic N) is 2. The Kier molecular flexibility index (Phi) is 2.93.